The lowest BCUT2D eigenvalue weighted by atomic mass is 9.93. The molecule has 1 aliphatic heterocycles. The zero-order valence-electron chi connectivity index (χ0n) is 16.3. The number of piperidine rings is 1. The third-order valence-electron chi connectivity index (χ3n) is 5.25. The molecule has 3 aromatic rings. The fourth-order valence-electron chi connectivity index (χ4n) is 3.85. The van der Waals surface area contributed by atoms with Gasteiger partial charge >= 0.3 is 5.97 Å². The Morgan fingerprint density at radius 3 is 2.66 bits per heavy atom. The van der Waals surface area contributed by atoms with Crippen molar-refractivity contribution in [2.75, 3.05) is 19.7 Å². The highest BCUT2D eigenvalue weighted by Crippen LogP contribution is 2.41. The molecule has 4 rings (SSSR count). The quantitative estimate of drug-likeness (QED) is 0.641. The van der Waals surface area contributed by atoms with E-state index in [1.807, 2.05) is 6.92 Å². The van der Waals surface area contributed by atoms with Crippen LogP contribution < -0.4 is 0 Å². The number of carbonyl (C=O) groups is 1. The first-order valence-electron chi connectivity index (χ1n) is 9.69. The molecule has 0 bridgehead atoms. The third-order valence-corrected chi connectivity index (χ3v) is 6.33. The molecule has 0 aliphatic carbocycles. The Bertz CT molecular complexity index is 1010. The topological polar surface area (TPSA) is 80.0 Å². The van der Waals surface area contributed by atoms with Crippen molar-refractivity contribution < 1.29 is 19.0 Å². The molecule has 9 heteroatoms. The number of hydrogen-bond donors (Lipinski definition) is 1. The van der Waals surface area contributed by atoms with Gasteiger partial charge in [0.1, 0.15) is 11.6 Å². The van der Waals surface area contributed by atoms with E-state index < -0.39 is 0 Å². The maximum Gasteiger partial charge on any atom is 0.309 e. The number of carbonyl (C=O) groups excluding carboxylic acids is 1. The summed E-state index contributed by atoms with van der Waals surface area (Å²) in [6, 6.07) is 6.04. The van der Waals surface area contributed by atoms with E-state index in [0.29, 0.717) is 48.2 Å². The summed E-state index contributed by atoms with van der Waals surface area (Å²) < 4.78 is 20.1. The third kappa shape index (κ3) is 3.84. The van der Waals surface area contributed by atoms with Crippen molar-refractivity contribution >= 4 is 22.3 Å². The molecule has 1 N–H and O–H groups in total. The van der Waals surface area contributed by atoms with Crippen LogP contribution in [0, 0.1) is 18.7 Å². The minimum Gasteiger partial charge on any atom is -0.492 e. The number of aryl methyl sites for hydroxylation is 1. The maximum atomic E-state index is 13.5. The number of halogens is 1. The van der Waals surface area contributed by atoms with Crippen LogP contribution in [0.5, 0.6) is 5.88 Å². The van der Waals surface area contributed by atoms with Crippen LogP contribution >= 0.6 is 11.3 Å². The number of thiazole rings is 1. The molecule has 154 valence electrons. The fraction of sp³-hybridized carbons (Fsp3) is 0.450. The summed E-state index contributed by atoms with van der Waals surface area (Å²) in [6.45, 7) is 5.29. The van der Waals surface area contributed by atoms with Gasteiger partial charge in [-0.3, -0.25) is 9.69 Å². The molecule has 7 nitrogen and oxygen atoms in total. The summed E-state index contributed by atoms with van der Waals surface area (Å²) in [6.07, 6.45) is 1.36. The van der Waals surface area contributed by atoms with Crippen LogP contribution in [-0.4, -0.2) is 50.3 Å². The molecule has 3 heterocycles. The number of nitrogens with zero attached hydrogens (tertiary/aromatic N) is 4. The molecular weight excluding hydrogens is 395 g/mol. The van der Waals surface area contributed by atoms with Crippen LogP contribution in [0.25, 0.3) is 4.96 Å². The van der Waals surface area contributed by atoms with E-state index in [0.717, 1.165) is 5.56 Å². The van der Waals surface area contributed by atoms with Crippen molar-refractivity contribution in [1.82, 2.24) is 19.5 Å². The molecule has 0 saturated carbocycles. The van der Waals surface area contributed by atoms with Gasteiger partial charge in [0.05, 0.1) is 23.4 Å². The van der Waals surface area contributed by atoms with Gasteiger partial charge in [-0.1, -0.05) is 23.5 Å². The monoisotopic (exact) mass is 418 g/mol. The lowest BCUT2D eigenvalue weighted by molar-refractivity contribution is -0.149. The second kappa shape index (κ2) is 8.08. The van der Waals surface area contributed by atoms with E-state index in [-0.39, 0.29) is 29.6 Å². The molecular formula is C20H23FN4O3S. The van der Waals surface area contributed by atoms with Crippen LogP contribution in [0.4, 0.5) is 4.39 Å². The maximum absolute atomic E-state index is 13.5. The van der Waals surface area contributed by atoms with Gasteiger partial charge in [-0.25, -0.2) is 9.37 Å². The summed E-state index contributed by atoms with van der Waals surface area (Å²) in [5.74, 6) is 0.0661. The number of esters is 1. The lowest BCUT2D eigenvalue weighted by Crippen LogP contribution is -2.39. The molecule has 0 radical (unpaired) electrons. The zero-order valence-corrected chi connectivity index (χ0v) is 17.2. The molecule has 1 saturated heterocycles. The van der Waals surface area contributed by atoms with Crippen molar-refractivity contribution in [2.24, 2.45) is 5.92 Å². The highest BCUT2D eigenvalue weighted by atomic mass is 32.1. The summed E-state index contributed by atoms with van der Waals surface area (Å²) in [7, 11) is 0. The number of benzene rings is 1. The molecule has 1 unspecified atom stereocenters. The van der Waals surface area contributed by atoms with Crippen molar-refractivity contribution in [3.05, 3.63) is 46.3 Å². The van der Waals surface area contributed by atoms with Gasteiger partial charge in [0.15, 0.2) is 0 Å². The highest BCUT2D eigenvalue weighted by Gasteiger charge is 2.34. The number of aromatic hydroxyl groups is 1. The van der Waals surface area contributed by atoms with Crippen LogP contribution in [0.1, 0.15) is 42.1 Å². The summed E-state index contributed by atoms with van der Waals surface area (Å²) in [5, 5.41) is 15.1. The average Bonchev–Trinajstić information content (AvgIpc) is 3.22. The van der Waals surface area contributed by atoms with Crippen molar-refractivity contribution in [2.45, 2.75) is 32.7 Å². The van der Waals surface area contributed by atoms with Crippen LogP contribution in [-0.2, 0) is 9.53 Å². The van der Waals surface area contributed by atoms with E-state index in [2.05, 4.69) is 15.0 Å². The Morgan fingerprint density at radius 1 is 1.34 bits per heavy atom. The van der Waals surface area contributed by atoms with Crippen molar-refractivity contribution in [3.8, 4) is 5.88 Å². The second-order valence-electron chi connectivity index (χ2n) is 7.16. The normalized spacial score (nSPS) is 16.9. The number of ether oxygens (including phenoxy) is 1. The smallest absolute Gasteiger partial charge is 0.309 e. The Morgan fingerprint density at radius 2 is 2.03 bits per heavy atom. The fourth-order valence-corrected chi connectivity index (χ4v) is 5.02. The van der Waals surface area contributed by atoms with Gasteiger partial charge in [0.25, 0.3) is 0 Å². The van der Waals surface area contributed by atoms with Crippen molar-refractivity contribution in [3.63, 3.8) is 0 Å². The van der Waals surface area contributed by atoms with Gasteiger partial charge in [-0.15, -0.1) is 5.10 Å². The predicted octanol–water partition coefficient (Wildman–Crippen LogP) is 3.31. The zero-order chi connectivity index (χ0) is 20.5. The van der Waals surface area contributed by atoms with Gasteiger partial charge < -0.3 is 9.84 Å². The van der Waals surface area contributed by atoms with E-state index in [9.17, 15) is 14.3 Å². The molecule has 2 aromatic heterocycles. The highest BCUT2D eigenvalue weighted by molar-refractivity contribution is 7.17. The SMILES string of the molecule is CCOC(=O)C1CCN(C(c2ccc(F)cc2)c2sc3nc(C)nn3c2O)CC1. The van der Waals surface area contributed by atoms with Gasteiger partial charge in [0.2, 0.25) is 10.8 Å². The Kier molecular flexibility index (Phi) is 5.51. The standard InChI is InChI=1S/C20H23FN4O3S/c1-3-28-19(27)14-8-10-24(11-9-14)16(13-4-6-15(21)7-5-13)17-18(26)25-20(29-17)22-12(2)23-25/h4-7,14,16,26H,3,8-11H2,1-2H3. The summed E-state index contributed by atoms with van der Waals surface area (Å²) in [4.78, 5) is 20.0. The molecule has 0 amide bonds. The number of aromatic nitrogens is 3. The molecule has 29 heavy (non-hydrogen) atoms. The molecule has 1 aromatic carbocycles. The largest absolute Gasteiger partial charge is 0.492 e. The average molecular weight is 418 g/mol. The molecule has 0 spiro atoms. The first kappa shape index (κ1) is 19.8. The van der Waals surface area contributed by atoms with Crippen molar-refractivity contribution in [1.29, 1.82) is 0 Å². The second-order valence-corrected chi connectivity index (χ2v) is 8.17. The van der Waals surface area contributed by atoms with E-state index in [1.165, 1.54) is 28.0 Å². The van der Waals surface area contributed by atoms with E-state index in [1.54, 1.807) is 19.1 Å². The van der Waals surface area contributed by atoms with Gasteiger partial charge in [0, 0.05) is 0 Å². The molecule has 1 fully saturated rings. The Labute approximate surface area is 171 Å². The minimum absolute atomic E-state index is 0.0486. The van der Waals surface area contributed by atoms with Crippen LogP contribution in [0.15, 0.2) is 24.3 Å². The Balaban J connectivity index is 1.66. The summed E-state index contributed by atoms with van der Waals surface area (Å²) in [5.41, 5.74) is 0.873. The number of fused-ring (bicyclic) bond motifs is 1. The van der Waals surface area contributed by atoms with Gasteiger partial charge in [-0.05, 0) is 57.5 Å². The van der Waals surface area contributed by atoms with Crippen LogP contribution in [0.2, 0.25) is 0 Å². The lowest BCUT2D eigenvalue weighted by Gasteiger charge is -2.36. The van der Waals surface area contributed by atoms with Crippen LogP contribution in [0.3, 0.4) is 0 Å². The number of rotatable bonds is 5. The van der Waals surface area contributed by atoms with E-state index >= 15 is 0 Å². The molecule has 1 atom stereocenters. The first-order chi connectivity index (χ1) is 14.0. The predicted molar refractivity (Wildman–Crippen MR) is 106 cm³/mol. The first-order valence-corrected chi connectivity index (χ1v) is 10.5. The number of likely N-dealkylation sites (tertiary alicyclic amines) is 1. The minimum atomic E-state index is -0.309. The van der Waals surface area contributed by atoms with Gasteiger partial charge in [-0.2, -0.15) is 4.52 Å². The summed E-state index contributed by atoms with van der Waals surface area (Å²) >= 11 is 1.37. The number of hydrogen-bond acceptors (Lipinski definition) is 7. The molecule has 1 aliphatic rings. The van der Waals surface area contributed by atoms with E-state index in [4.69, 9.17) is 4.74 Å². The Hall–Kier alpha value is -2.52.